The van der Waals surface area contributed by atoms with Gasteiger partial charge >= 0.3 is 0 Å². The van der Waals surface area contributed by atoms with E-state index in [4.69, 9.17) is 16.3 Å². The maximum Gasteiger partial charge on any atom is 0.277 e. The van der Waals surface area contributed by atoms with Crippen molar-refractivity contribution in [2.75, 3.05) is 26.0 Å². The van der Waals surface area contributed by atoms with Gasteiger partial charge in [-0.1, -0.05) is 25.4 Å². The predicted molar refractivity (Wildman–Crippen MR) is 132 cm³/mol. The molecule has 0 unspecified atom stereocenters. The fourth-order valence-corrected chi connectivity index (χ4v) is 3.21. The Hall–Kier alpha value is -2.68. The molecule has 0 saturated heterocycles. The number of halogens is 2. The third-order valence-electron chi connectivity index (χ3n) is 4.55. The second-order valence-corrected chi connectivity index (χ2v) is 8.81. The standard InChI is InChI=1S/C23H29ClN6O2.ClH/c1-15(2)14-32-21-7-6-18(24)9-17(21)12-30-16(3)8-20(28-30)23(31)27-22-11-25-19(10-26-22)13-29(4)5;/h6-11,15H,12-14H2,1-5H3,(H,26,27,31);1H. The normalized spacial score (nSPS) is 10.9. The fraction of sp³-hybridized carbons (Fsp3) is 0.391. The summed E-state index contributed by atoms with van der Waals surface area (Å²) >= 11 is 6.21. The summed E-state index contributed by atoms with van der Waals surface area (Å²) in [5.74, 6) is 1.20. The predicted octanol–water partition coefficient (Wildman–Crippen LogP) is 4.45. The van der Waals surface area contributed by atoms with Crippen molar-refractivity contribution in [2.24, 2.45) is 5.92 Å². The lowest BCUT2D eigenvalue weighted by atomic mass is 10.2. The second kappa shape index (κ2) is 12.0. The van der Waals surface area contributed by atoms with Gasteiger partial charge in [0.1, 0.15) is 5.75 Å². The number of hydrogen-bond donors (Lipinski definition) is 1. The van der Waals surface area contributed by atoms with Gasteiger partial charge in [-0.2, -0.15) is 5.10 Å². The summed E-state index contributed by atoms with van der Waals surface area (Å²) in [5.41, 5.74) is 2.87. The minimum absolute atomic E-state index is 0. The topological polar surface area (TPSA) is 85.2 Å². The Morgan fingerprint density at radius 1 is 1.21 bits per heavy atom. The molecule has 10 heteroatoms. The van der Waals surface area contributed by atoms with Crippen LogP contribution in [0.3, 0.4) is 0 Å². The highest BCUT2D eigenvalue weighted by atomic mass is 35.5. The van der Waals surface area contributed by atoms with Gasteiger partial charge in [0.05, 0.1) is 31.2 Å². The molecule has 2 heterocycles. The number of nitrogens with zero attached hydrogens (tertiary/aromatic N) is 5. The van der Waals surface area contributed by atoms with Gasteiger partial charge in [0, 0.05) is 22.8 Å². The van der Waals surface area contributed by atoms with Gasteiger partial charge in [0.15, 0.2) is 11.5 Å². The van der Waals surface area contributed by atoms with Crippen LogP contribution < -0.4 is 10.1 Å². The van der Waals surface area contributed by atoms with Gasteiger partial charge in [0.25, 0.3) is 5.91 Å². The average Bonchev–Trinajstić information content (AvgIpc) is 3.09. The van der Waals surface area contributed by atoms with E-state index in [1.165, 1.54) is 0 Å². The minimum atomic E-state index is -0.344. The Morgan fingerprint density at radius 2 is 1.97 bits per heavy atom. The molecule has 33 heavy (non-hydrogen) atoms. The van der Waals surface area contributed by atoms with Crippen LogP contribution in [0.15, 0.2) is 36.7 Å². The Kier molecular flexibility index (Phi) is 9.64. The number of nitrogens with one attached hydrogen (secondary N) is 1. The zero-order valence-corrected chi connectivity index (χ0v) is 21.1. The zero-order valence-electron chi connectivity index (χ0n) is 19.5. The molecule has 0 radical (unpaired) electrons. The number of rotatable bonds is 9. The molecule has 0 atom stereocenters. The van der Waals surface area contributed by atoms with Crippen molar-refractivity contribution in [1.82, 2.24) is 24.6 Å². The molecule has 0 aliphatic rings. The van der Waals surface area contributed by atoms with Crippen LogP contribution in [0.2, 0.25) is 5.02 Å². The highest BCUT2D eigenvalue weighted by Crippen LogP contribution is 2.25. The first-order chi connectivity index (χ1) is 15.2. The SMILES string of the molecule is Cc1cc(C(=O)Nc2cnc(CN(C)C)cn2)nn1Cc1cc(Cl)ccc1OCC(C)C.Cl. The molecule has 0 fully saturated rings. The minimum Gasteiger partial charge on any atom is -0.493 e. The van der Waals surface area contributed by atoms with Crippen LogP contribution in [0.25, 0.3) is 0 Å². The summed E-state index contributed by atoms with van der Waals surface area (Å²) < 4.78 is 7.69. The van der Waals surface area contributed by atoms with Gasteiger partial charge in [-0.15, -0.1) is 12.4 Å². The molecule has 3 aromatic rings. The monoisotopic (exact) mass is 492 g/mol. The van der Waals surface area contributed by atoms with Crippen LogP contribution in [0, 0.1) is 12.8 Å². The van der Waals surface area contributed by atoms with E-state index < -0.39 is 0 Å². The molecule has 1 amide bonds. The molecule has 0 aliphatic heterocycles. The first kappa shape index (κ1) is 26.6. The molecule has 2 aromatic heterocycles. The van der Waals surface area contributed by atoms with E-state index >= 15 is 0 Å². The lowest BCUT2D eigenvalue weighted by molar-refractivity contribution is 0.102. The Balaban J connectivity index is 0.00000385. The van der Waals surface area contributed by atoms with Gasteiger partial charge < -0.3 is 15.0 Å². The lowest BCUT2D eigenvalue weighted by Gasteiger charge is -2.14. The van der Waals surface area contributed by atoms with Crippen molar-refractivity contribution in [1.29, 1.82) is 0 Å². The van der Waals surface area contributed by atoms with Gasteiger partial charge in [-0.3, -0.25) is 14.5 Å². The molecular formula is C23H30Cl2N6O2. The number of carbonyl (C=O) groups excluding carboxylic acids is 1. The highest BCUT2D eigenvalue weighted by Gasteiger charge is 2.15. The summed E-state index contributed by atoms with van der Waals surface area (Å²) in [6, 6.07) is 7.27. The number of ether oxygens (including phenoxy) is 1. The molecular weight excluding hydrogens is 463 g/mol. The van der Waals surface area contributed by atoms with Crippen molar-refractivity contribution >= 4 is 35.7 Å². The van der Waals surface area contributed by atoms with Crippen molar-refractivity contribution in [3.63, 3.8) is 0 Å². The number of anilines is 1. The van der Waals surface area contributed by atoms with Crippen LogP contribution >= 0.6 is 24.0 Å². The maximum atomic E-state index is 12.7. The maximum absolute atomic E-state index is 12.7. The molecule has 8 nitrogen and oxygen atoms in total. The first-order valence-corrected chi connectivity index (χ1v) is 10.8. The Labute approximate surface area is 205 Å². The number of carbonyl (C=O) groups is 1. The van der Waals surface area contributed by atoms with Gasteiger partial charge in [-0.25, -0.2) is 4.98 Å². The van der Waals surface area contributed by atoms with Crippen molar-refractivity contribution < 1.29 is 9.53 Å². The van der Waals surface area contributed by atoms with E-state index in [0.717, 1.165) is 22.7 Å². The summed E-state index contributed by atoms with van der Waals surface area (Å²) in [6.07, 6.45) is 3.20. The number of aromatic nitrogens is 4. The average molecular weight is 493 g/mol. The molecule has 178 valence electrons. The molecule has 1 aromatic carbocycles. The van der Waals surface area contributed by atoms with E-state index in [1.54, 1.807) is 29.2 Å². The summed E-state index contributed by atoms with van der Waals surface area (Å²) in [6.45, 7) is 7.81. The Bertz CT molecular complexity index is 1070. The third kappa shape index (κ3) is 7.70. The molecule has 0 saturated carbocycles. The smallest absolute Gasteiger partial charge is 0.277 e. The number of hydrogen-bond acceptors (Lipinski definition) is 6. The van der Waals surface area contributed by atoms with E-state index in [9.17, 15) is 4.79 Å². The number of benzene rings is 1. The van der Waals surface area contributed by atoms with Gasteiger partial charge in [-0.05, 0) is 51.2 Å². The van der Waals surface area contributed by atoms with E-state index in [-0.39, 0.29) is 18.3 Å². The summed E-state index contributed by atoms with van der Waals surface area (Å²) in [4.78, 5) is 23.3. The molecule has 1 N–H and O–H groups in total. The molecule has 3 rings (SSSR count). The highest BCUT2D eigenvalue weighted by molar-refractivity contribution is 6.30. The van der Waals surface area contributed by atoms with E-state index in [1.807, 2.05) is 38.1 Å². The van der Waals surface area contributed by atoms with Crippen LogP contribution in [0.5, 0.6) is 5.75 Å². The molecule has 0 bridgehead atoms. The quantitative estimate of drug-likeness (QED) is 0.474. The van der Waals surface area contributed by atoms with Gasteiger partial charge in [0.2, 0.25) is 0 Å². The van der Waals surface area contributed by atoms with E-state index in [0.29, 0.717) is 42.1 Å². The second-order valence-electron chi connectivity index (χ2n) is 8.37. The third-order valence-corrected chi connectivity index (χ3v) is 4.79. The van der Waals surface area contributed by atoms with Crippen molar-refractivity contribution in [3.05, 3.63) is 64.3 Å². The molecule has 0 spiro atoms. The largest absolute Gasteiger partial charge is 0.493 e. The van der Waals surface area contributed by atoms with Crippen LogP contribution in [-0.4, -0.2) is 51.3 Å². The van der Waals surface area contributed by atoms with Crippen LogP contribution in [0.4, 0.5) is 5.82 Å². The van der Waals surface area contributed by atoms with Crippen molar-refractivity contribution in [3.8, 4) is 5.75 Å². The summed E-state index contributed by atoms with van der Waals surface area (Å²) in [7, 11) is 3.91. The van der Waals surface area contributed by atoms with Crippen LogP contribution in [-0.2, 0) is 13.1 Å². The number of amides is 1. The van der Waals surface area contributed by atoms with E-state index in [2.05, 4.69) is 34.2 Å². The fourth-order valence-electron chi connectivity index (χ4n) is 3.02. The summed E-state index contributed by atoms with van der Waals surface area (Å²) in [5, 5.41) is 7.85. The van der Waals surface area contributed by atoms with Crippen LogP contribution in [0.1, 0.15) is 41.3 Å². The first-order valence-electron chi connectivity index (χ1n) is 10.4. The lowest BCUT2D eigenvalue weighted by Crippen LogP contribution is -2.16. The number of aryl methyl sites for hydroxylation is 1. The Morgan fingerprint density at radius 3 is 2.61 bits per heavy atom. The molecule has 0 aliphatic carbocycles. The zero-order chi connectivity index (χ0) is 23.3. The van der Waals surface area contributed by atoms with Crippen molar-refractivity contribution in [2.45, 2.75) is 33.9 Å².